The maximum Gasteiger partial charge on any atom is 0.273 e. The quantitative estimate of drug-likeness (QED) is 0.600. The highest BCUT2D eigenvalue weighted by molar-refractivity contribution is 5.92. The van der Waals surface area contributed by atoms with Crippen molar-refractivity contribution in [3.8, 4) is 11.5 Å². The molecule has 0 aromatic carbocycles. The van der Waals surface area contributed by atoms with Gasteiger partial charge in [0, 0.05) is 38.3 Å². The highest BCUT2D eigenvalue weighted by Gasteiger charge is 2.16. The minimum absolute atomic E-state index is 0.209. The molecule has 0 spiro atoms. The molecule has 1 aliphatic heterocycles. The Morgan fingerprint density at radius 1 is 1.18 bits per heavy atom. The monoisotopic (exact) mass is 382 g/mol. The van der Waals surface area contributed by atoms with Gasteiger partial charge < -0.3 is 24.5 Å². The fourth-order valence-corrected chi connectivity index (χ4v) is 3.12. The van der Waals surface area contributed by atoms with Crippen molar-refractivity contribution in [2.45, 2.75) is 19.8 Å². The Morgan fingerprint density at radius 3 is 2.82 bits per heavy atom. The maximum absolute atomic E-state index is 12.2. The average Bonchev–Trinajstić information content (AvgIpc) is 3.46. The van der Waals surface area contributed by atoms with E-state index in [1.54, 1.807) is 18.2 Å². The first-order valence-corrected chi connectivity index (χ1v) is 9.32. The summed E-state index contributed by atoms with van der Waals surface area (Å²) in [5.74, 6) is 3.07. The lowest BCUT2D eigenvalue weighted by atomic mass is 10.3. The first kappa shape index (κ1) is 18.0. The Balaban J connectivity index is 1.28. The molecule has 3 aromatic rings. The van der Waals surface area contributed by atoms with Gasteiger partial charge in [-0.15, -0.1) is 0 Å². The lowest BCUT2D eigenvalue weighted by Crippen LogP contribution is -2.29. The first-order valence-electron chi connectivity index (χ1n) is 9.32. The molecule has 3 aromatic heterocycles. The predicted octanol–water partition coefficient (Wildman–Crippen LogP) is 2.48. The second kappa shape index (κ2) is 8.12. The minimum atomic E-state index is -0.306. The molecule has 28 heavy (non-hydrogen) atoms. The van der Waals surface area contributed by atoms with Crippen molar-refractivity contribution < 1.29 is 13.7 Å². The van der Waals surface area contributed by atoms with E-state index in [1.807, 2.05) is 13.0 Å². The third-order valence-corrected chi connectivity index (χ3v) is 4.48. The molecule has 1 saturated heterocycles. The van der Waals surface area contributed by atoms with Crippen molar-refractivity contribution in [1.82, 2.24) is 20.4 Å². The molecule has 2 N–H and O–H groups in total. The summed E-state index contributed by atoms with van der Waals surface area (Å²) in [6, 6.07) is 6.99. The van der Waals surface area contributed by atoms with Crippen molar-refractivity contribution in [3.05, 3.63) is 42.0 Å². The number of hydrogen-bond donors (Lipinski definition) is 2. The van der Waals surface area contributed by atoms with E-state index in [2.05, 4.69) is 30.7 Å². The summed E-state index contributed by atoms with van der Waals surface area (Å²) < 4.78 is 10.4. The molecule has 0 radical (unpaired) electrons. The van der Waals surface area contributed by atoms with Crippen LogP contribution in [0.2, 0.25) is 0 Å². The molecular formula is C19H22N6O3. The lowest BCUT2D eigenvalue weighted by Gasteiger charge is -2.17. The van der Waals surface area contributed by atoms with Gasteiger partial charge in [-0.1, -0.05) is 5.16 Å². The number of amides is 1. The summed E-state index contributed by atoms with van der Waals surface area (Å²) in [4.78, 5) is 23.4. The number of hydrogen-bond acceptors (Lipinski definition) is 8. The standard InChI is InChI=1S/C19H22N6O3/c1-13-22-17(12-18(23-13)25-8-2-3-9-25)20-6-7-21-19(26)14-11-16(28-24-14)15-5-4-10-27-15/h4-5,10-12H,2-3,6-9H2,1H3,(H,21,26)(H,20,22,23). The first-order chi connectivity index (χ1) is 13.7. The molecule has 4 rings (SSSR count). The van der Waals surface area contributed by atoms with Gasteiger partial charge in [0.05, 0.1) is 6.26 Å². The zero-order chi connectivity index (χ0) is 19.3. The van der Waals surface area contributed by atoms with E-state index in [0.29, 0.717) is 24.6 Å². The number of nitrogens with zero attached hydrogens (tertiary/aromatic N) is 4. The number of aryl methyl sites for hydroxylation is 1. The maximum atomic E-state index is 12.2. The van der Waals surface area contributed by atoms with Crippen molar-refractivity contribution >= 4 is 17.5 Å². The molecule has 1 fully saturated rings. The topological polar surface area (TPSA) is 109 Å². The molecule has 9 heteroatoms. The van der Waals surface area contributed by atoms with Crippen LogP contribution in [0.15, 0.2) is 39.5 Å². The summed E-state index contributed by atoms with van der Waals surface area (Å²) in [7, 11) is 0. The van der Waals surface area contributed by atoms with Gasteiger partial charge in [0.2, 0.25) is 5.76 Å². The van der Waals surface area contributed by atoms with Crippen molar-refractivity contribution in [1.29, 1.82) is 0 Å². The van der Waals surface area contributed by atoms with Gasteiger partial charge >= 0.3 is 0 Å². The second-order valence-corrected chi connectivity index (χ2v) is 6.59. The second-order valence-electron chi connectivity index (χ2n) is 6.59. The number of rotatable bonds is 7. The molecule has 0 aliphatic carbocycles. The van der Waals surface area contributed by atoms with Crippen LogP contribution < -0.4 is 15.5 Å². The van der Waals surface area contributed by atoms with Crippen LogP contribution in [-0.2, 0) is 0 Å². The third-order valence-electron chi connectivity index (χ3n) is 4.48. The number of aromatic nitrogens is 3. The van der Waals surface area contributed by atoms with Gasteiger partial charge in [0.15, 0.2) is 11.5 Å². The third kappa shape index (κ3) is 4.13. The van der Waals surface area contributed by atoms with Crippen LogP contribution in [-0.4, -0.2) is 47.2 Å². The van der Waals surface area contributed by atoms with Gasteiger partial charge in [-0.05, 0) is 31.9 Å². The van der Waals surface area contributed by atoms with Crippen LogP contribution in [0, 0.1) is 6.92 Å². The summed E-state index contributed by atoms with van der Waals surface area (Å²) >= 11 is 0. The molecular weight excluding hydrogens is 360 g/mol. The van der Waals surface area contributed by atoms with Crippen molar-refractivity contribution in [2.24, 2.45) is 0 Å². The number of carbonyl (C=O) groups excluding carboxylic acids is 1. The van der Waals surface area contributed by atoms with Crippen molar-refractivity contribution in [3.63, 3.8) is 0 Å². The van der Waals surface area contributed by atoms with E-state index >= 15 is 0 Å². The summed E-state index contributed by atoms with van der Waals surface area (Å²) in [5.41, 5.74) is 0.209. The molecule has 0 unspecified atom stereocenters. The summed E-state index contributed by atoms with van der Waals surface area (Å²) in [5, 5.41) is 9.82. The van der Waals surface area contributed by atoms with E-state index < -0.39 is 0 Å². The number of anilines is 2. The normalized spacial score (nSPS) is 13.7. The van der Waals surface area contributed by atoms with E-state index in [1.165, 1.54) is 19.1 Å². The van der Waals surface area contributed by atoms with Crippen LogP contribution in [0.25, 0.3) is 11.5 Å². The molecule has 0 atom stereocenters. The predicted molar refractivity (Wildman–Crippen MR) is 103 cm³/mol. The van der Waals surface area contributed by atoms with E-state index in [4.69, 9.17) is 8.94 Å². The molecule has 9 nitrogen and oxygen atoms in total. The largest absolute Gasteiger partial charge is 0.461 e. The Labute approximate surface area is 162 Å². The molecule has 146 valence electrons. The smallest absolute Gasteiger partial charge is 0.273 e. The van der Waals surface area contributed by atoms with Crippen LogP contribution in [0.3, 0.4) is 0 Å². The fraction of sp³-hybridized carbons (Fsp3) is 0.368. The Morgan fingerprint density at radius 2 is 2.04 bits per heavy atom. The van der Waals surface area contributed by atoms with Gasteiger partial charge in [0.25, 0.3) is 5.91 Å². The van der Waals surface area contributed by atoms with E-state index in [9.17, 15) is 4.79 Å². The molecule has 1 aliphatic rings. The van der Waals surface area contributed by atoms with Crippen LogP contribution in [0.4, 0.5) is 11.6 Å². The van der Waals surface area contributed by atoms with Crippen LogP contribution >= 0.6 is 0 Å². The van der Waals surface area contributed by atoms with Gasteiger partial charge in [-0.3, -0.25) is 4.79 Å². The highest BCUT2D eigenvalue weighted by Crippen LogP contribution is 2.21. The van der Waals surface area contributed by atoms with E-state index in [0.717, 1.165) is 30.5 Å². The Kier molecular flexibility index (Phi) is 5.22. The lowest BCUT2D eigenvalue weighted by molar-refractivity contribution is 0.0946. The number of furan rings is 1. The van der Waals surface area contributed by atoms with E-state index in [-0.39, 0.29) is 11.6 Å². The molecule has 0 bridgehead atoms. The minimum Gasteiger partial charge on any atom is -0.461 e. The highest BCUT2D eigenvalue weighted by atomic mass is 16.5. The summed E-state index contributed by atoms with van der Waals surface area (Å²) in [6.07, 6.45) is 3.93. The van der Waals surface area contributed by atoms with Gasteiger partial charge in [-0.25, -0.2) is 9.97 Å². The van der Waals surface area contributed by atoms with Gasteiger partial charge in [0.1, 0.15) is 17.5 Å². The van der Waals surface area contributed by atoms with Crippen molar-refractivity contribution in [2.75, 3.05) is 36.4 Å². The average molecular weight is 382 g/mol. The number of carbonyl (C=O) groups is 1. The molecule has 0 saturated carbocycles. The fourth-order valence-electron chi connectivity index (χ4n) is 3.12. The Hall–Kier alpha value is -3.36. The zero-order valence-electron chi connectivity index (χ0n) is 15.6. The SMILES string of the molecule is Cc1nc(NCCNC(=O)c2cc(-c3ccco3)on2)cc(N2CCCC2)n1. The zero-order valence-corrected chi connectivity index (χ0v) is 15.6. The van der Waals surface area contributed by atoms with Crippen LogP contribution in [0.5, 0.6) is 0 Å². The Bertz CT molecular complexity index is 931. The van der Waals surface area contributed by atoms with Crippen LogP contribution in [0.1, 0.15) is 29.2 Å². The molecule has 1 amide bonds. The summed E-state index contributed by atoms with van der Waals surface area (Å²) in [6.45, 7) is 4.90. The van der Waals surface area contributed by atoms with Gasteiger partial charge in [-0.2, -0.15) is 0 Å². The molecule has 4 heterocycles. The number of nitrogens with one attached hydrogen (secondary N) is 2.